The molecule has 0 saturated carbocycles. The topological polar surface area (TPSA) is 79.1 Å². The number of esters is 1. The van der Waals surface area contributed by atoms with Crippen molar-refractivity contribution in [3.8, 4) is 11.5 Å². The second-order valence-electron chi connectivity index (χ2n) is 9.38. The van der Waals surface area contributed by atoms with Gasteiger partial charge in [0.25, 0.3) is 5.56 Å². The lowest BCUT2D eigenvalue weighted by Gasteiger charge is -2.25. The van der Waals surface area contributed by atoms with Gasteiger partial charge >= 0.3 is 5.97 Å². The van der Waals surface area contributed by atoms with E-state index in [9.17, 15) is 9.59 Å². The molecule has 0 bridgehead atoms. The summed E-state index contributed by atoms with van der Waals surface area (Å²) in [6.45, 7) is 3.82. The van der Waals surface area contributed by atoms with Gasteiger partial charge in [-0.05, 0) is 77.3 Å². The third-order valence-corrected chi connectivity index (χ3v) is 9.16. The van der Waals surface area contributed by atoms with E-state index < -0.39 is 12.0 Å². The second-order valence-corrected chi connectivity index (χ2v) is 12.5. The number of allylic oxidation sites excluding steroid dienone is 1. The number of nitrogens with zero attached hydrogens (tertiary/aromatic N) is 2. The van der Waals surface area contributed by atoms with Crippen LogP contribution in [0.2, 0.25) is 15.1 Å². The van der Waals surface area contributed by atoms with Gasteiger partial charge in [-0.25, -0.2) is 9.79 Å². The molecule has 4 aromatic rings. The van der Waals surface area contributed by atoms with E-state index in [1.807, 2.05) is 12.1 Å². The van der Waals surface area contributed by atoms with Crippen LogP contribution in [0.5, 0.6) is 11.5 Å². The van der Waals surface area contributed by atoms with Gasteiger partial charge in [0.15, 0.2) is 16.3 Å². The largest absolute Gasteiger partial charge is 0.493 e. The summed E-state index contributed by atoms with van der Waals surface area (Å²) in [5, 5.41) is 1.45. The zero-order valence-electron chi connectivity index (χ0n) is 23.1. The molecule has 0 unspecified atom stereocenters. The van der Waals surface area contributed by atoms with Crippen molar-refractivity contribution in [1.82, 2.24) is 4.57 Å². The van der Waals surface area contributed by atoms with Crippen LogP contribution in [0, 0.1) is 0 Å². The highest BCUT2D eigenvalue weighted by atomic mass is 79.9. The van der Waals surface area contributed by atoms with Crippen LogP contribution in [0.4, 0.5) is 0 Å². The van der Waals surface area contributed by atoms with E-state index in [1.165, 1.54) is 23.0 Å². The van der Waals surface area contributed by atoms with Crippen molar-refractivity contribution in [2.45, 2.75) is 26.5 Å². The van der Waals surface area contributed by atoms with E-state index in [2.05, 4.69) is 20.9 Å². The molecular formula is C31H24BrCl3N2O5S. The van der Waals surface area contributed by atoms with Gasteiger partial charge in [0.1, 0.15) is 12.6 Å². The van der Waals surface area contributed by atoms with Crippen LogP contribution in [0.3, 0.4) is 0 Å². The van der Waals surface area contributed by atoms with Crippen molar-refractivity contribution >= 4 is 74.1 Å². The van der Waals surface area contributed by atoms with Crippen molar-refractivity contribution in [2.24, 2.45) is 4.99 Å². The first-order valence-corrected chi connectivity index (χ1v) is 15.8. The SMILES string of the molecule is CCOC(=O)C1=C(C)N=c2s/c(=C\c3cc(Br)c(OCc4ccc(Cl)cc4Cl)c(OC)c3)c(=O)n2[C@@H]1c1ccccc1Cl. The number of aromatic nitrogens is 1. The smallest absolute Gasteiger partial charge is 0.338 e. The van der Waals surface area contributed by atoms with Crippen molar-refractivity contribution in [1.29, 1.82) is 0 Å². The fourth-order valence-corrected chi connectivity index (χ4v) is 7.01. The molecule has 0 fully saturated rings. The van der Waals surface area contributed by atoms with Gasteiger partial charge in [-0.3, -0.25) is 9.36 Å². The van der Waals surface area contributed by atoms with E-state index in [0.29, 0.717) is 57.2 Å². The molecule has 0 N–H and O–H groups in total. The van der Waals surface area contributed by atoms with Crippen LogP contribution < -0.4 is 24.4 Å². The zero-order valence-corrected chi connectivity index (χ0v) is 27.8. The highest BCUT2D eigenvalue weighted by molar-refractivity contribution is 9.10. The van der Waals surface area contributed by atoms with Crippen LogP contribution in [0.15, 0.2) is 80.1 Å². The number of benzene rings is 3. The second kappa shape index (κ2) is 13.3. The molecular weight excluding hydrogens is 699 g/mol. The molecule has 7 nitrogen and oxygen atoms in total. The Kier molecular flexibility index (Phi) is 9.68. The first-order valence-electron chi connectivity index (χ1n) is 13.0. The summed E-state index contributed by atoms with van der Waals surface area (Å²) >= 11 is 23.7. The Morgan fingerprint density at radius 3 is 2.58 bits per heavy atom. The van der Waals surface area contributed by atoms with E-state index in [-0.39, 0.29) is 24.3 Å². The fraction of sp³-hybridized carbons (Fsp3) is 0.194. The number of methoxy groups -OCH3 is 1. The number of thiazole rings is 1. The minimum Gasteiger partial charge on any atom is -0.493 e. The van der Waals surface area contributed by atoms with Gasteiger partial charge in [0.05, 0.1) is 34.0 Å². The molecule has 0 aliphatic carbocycles. The Morgan fingerprint density at radius 2 is 1.88 bits per heavy atom. The highest BCUT2D eigenvalue weighted by Crippen LogP contribution is 2.38. The summed E-state index contributed by atoms with van der Waals surface area (Å²) in [6.07, 6.45) is 1.74. The Morgan fingerprint density at radius 1 is 1.12 bits per heavy atom. The number of halogens is 4. The molecule has 0 spiro atoms. The molecule has 222 valence electrons. The third kappa shape index (κ3) is 6.42. The molecule has 1 aromatic heterocycles. The average Bonchev–Trinajstić information content (AvgIpc) is 3.26. The Hall–Kier alpha value is -3.08. The first kappa shape index (κ1) is 31.3. The van der Waals surface area contributed by atoms with Crippen LogP contribution in [-0.2, 0) is 16.1 Å². The van der Waals surface area contributed by atoms with Crippen molar-refractivity contribution in [3.05, 3.63) is 122 Å². The lowest BCUT2D eigenvalue weighted by atomic mass is 9.96. The maximum atomic E-state index is 13.9. The summed E-state index contributed by atoms with van der Waals surface area (Å²) in [5.41, 5.74) is 2.44. The van der Waals surface area contributed by atoms with E-state index in [1.54, 1.807) is 62.4 Å². The molecule has 1 aliphatic heterocycles. The number of fused-ring (bicyclic) bond motifs is 1. The van der Waals surface area contributed by atoms with Gasteiger partial charge in [-0.15, -0.1) is 0 Å². The summed E-state index contributed by atoms with van der Waals surface area (Å²) < 4.78 is 19.5. The Balaban J connectivity index is 1.58. The van der Waals surface area contributed by atoms with Gasteiger partial charge in [0.2, 0.25) is 0 Å². The molecule has 0 saturated heterocycles. The lowest BCUT2D eigenvalue weighted by molar-refractivity contribution is -0.139. The van der Waals surface area contributed by atoms with Gasteiger partial charge in [-0.2, -0.15) is 0 Å². The molecule has 1 aliphatic rings. The van der Waals surface area contributed by atoms with E-state index in [4.69, 9.17) is 49.0 Å². The predicted octanol–water partition coefficient (Wildman–Crippen LogP) is 7.11. The van der Waals surface area contributed by atoms with E-state index in [0.717, 1.165) is 5.56 Å². The number of hydrogen-bond donors (Lipinski definition) is 0. The standard InChI is InChI=1S/C31H24BrCl3N2O5S/c1-4-41-30(39)26-16(2)36-31-37(27(26)20-7-5-6-8-22(20)34)29(38)25(43-31)13-17-11-21(32)28(24(12-17)40-3)42-15-18-9-10-19(33)14-23(18)35/h5-14,27H,4,15H2,1-3H3/b25-13-/t27-/m1/s1. The van der Waals surface area contributed by atoms with Crippen molar-refractivity contribution in [2.75, 3.05) is 13.7 Å². The monoisotopic (exact) mass is 720 g/mol. The first-order chi connectivity index (χ1) is 20.6. The summed E-state index contributed by atoms with van der Waals surface area (Å²) in [6, 6.07) is 15.1. The minimum absolute atomic E-state index is 0.179. The molecule has 43 heavy (non-hydrogen) atoms. The zero-order chi connectivity index (χ0) is 30.8. The Bertz CT molecular complexity index is 1950. The minimum atomic E-state index is -0.803. The molecule has 5 rings (SSSR count). The predicted molar refractivity (Wildman–Crippen MR) is 173 cm³/mol. The fourth-order valence-electron chi connectivity index (χ4n) is 4.69. The number of ether oxygens (including phenoxy) is 3. The lowest BCUT2D eigenvalue weighted by Crippen LogP contribution is -2.40. The summed E-state index contributed by atoms with van der Waals surface area (Å²) in [7, 11) is 1.53. The summed E-state index contributed by atoms with van der Waals surface area (Å²) in [5.74, 6) is 0.375. The van der Waals surface area contributed by atoms with Crippen LogP contribution in [0.25, 0.3) is 6.08 Å². The number of rotatable bonds is 8. The summed E-state index contributed by atoms with van der Waals surface area (Å²) in [4.78, 5) is 32.1. The van der Waals surface area contributed by atoms with Gasteiger partial charge in [-0.1, -0.05) is 70.4 Å². The average molecular weight is 723 g/mol. The van der Waals surface area contributed by atoms with Gasteiger partial charge < -0.3 is 14.2 Å². The molecule has 2 heterocycles. The van der Waals surface area contributed by atoms with Crippen LogP contribution in [-0.4, -0.2) is 24.3 Å². The van der Waals surface area contributed by atoms with Crippen molar-refractivity contribution in [3.63, 3.8) is 0 Å². The molecule has 1 atom stereocenters. The molecule has 0 amide bonds. The molecule has 3 aromatic carbocycles. The Labute approximate surface area is 274 Å². The quantitative estimate of drug-likeness (QED) is 0.181. The van der Waals surface area contributed by atoms with Crippen molar-refractivity contribution < 1.29 is 19.0 Å². The van der Waals surface area contributed by atoms with E-state index >= 15 is 0 Å². The third-order valence-electron chi connectivity index (χ3n) is 6.65. The number of carbonyl (C=O) groups is 1. The van der Waals surface area contributed by atoms with Crippen LogP contribution >= 0.6 is 62.1 Å². The van der Waals surface area contributed by atoms with Crippen LogP contribution in [0.1, 0.15) is 36.6 Å². The number of hydrogen-bond acceptors (Lipinski definition) is 7. The maximum Gasteiger partial charge on any atom is 0.338 e. The highest BCUT2D eigenvalue weighted by Gasteiger charge is 2.34. The maximum absolute atomic E-state index is 13.9. The normalized spacial score (nSPS) is 14.8. The number of carbonyl (C=O) groups excluding carboxylic acids is 1. The van der Waals surface area contributed by atoms with Gasteiger partial charge in [0, 0.05) is 20.6 Å². The molecule has 12 heteroatoms. The molecule has 0 radical (unpaired) electrons.